The summed E-state index contributed by atoms with van der Waals surface area (Å²) in [6.07, 6.45) is 0. The molecule has 0 radical (unpaired) electrons. The molecule has 1 unspecified atom stereocenters. The van der Waals surface area contributed by atoms with Crippen LogP contribution in [0.5, 0.6) is 0 Å². The van der Waals surface area contributed by atoms with Crippen LogP contribution in [0.4, 0.5) is 5.82 Å². The summed E-state index contributed by atoms with van der Waals surface area (Å²) in [6.45, 7) is 6.33. The van der Waals surface area contributed by atoms with Crippen LogP contribution in [0.2, 0.25) is 5.15 Å². The Morgan fingerprint density at radius 2 is 1.93 bits per heavy atom. The van der Waals surface area contributed by atoms with Crippen molar-refractivity contribution in [1.29, 1.82) is 0 Å². The minimum absolute atomic E-state index is 0.179. The summed E-state index contributed by atoms with van der Waals surface area (Å²) in [7, 11) is 2.04. The van der Waals surface area contributed by atoms with Gasteiger partial charge in [-0.3, -0.25) is 4.90 Å². The first-order valence-electron chi connectivity index (χ1n) is 4.94. The molecule has 1 heterocycles. The predicted octanol–water partition coefficient (Wildman–Crippen LogP) is 2.11. The Labute approximate surface area is 95.4 Å². The van der Waals surface area contributed by atoms with E-state index in [0.29, 0.717) is 17.0 Å². The minimum atomic E-state index is 0.179. The number of nitrogens with zero attached hydrogens (tertiary/aromatic N) is 3. The van der Waals surface area contributed by atoms with Gasteiger partial charge in [-0.1, -0.05) is 11.6 Å². The van der Waals surface area contributed by atoms with E-state index in [1.165, 1.54) is 0 Å². The van der Waals surface area contributed by atoms with E-state index in [1.54, 1.807) is 6.07 Å². The van der Waals surface area contributed by atoms with Crippen molar-refractivity contribution in [3.63, 3.8) is 0 Å². The highest BCUT2D eigenvalue weighted by Gasteiger charge is 2.18. The summed E-state index contributed by atoms with van der Waals surface area (Å²) in [5, 5.41) is 7.89. The van der Waals surface area contributed by atoms with Crippen molar-refractivity contribution >= 4 is 17.4 Å². The van der Waals surface area contributed by atoms with Crippen LogP contribution in [-0.2, 0) is 0 Å². The summed E-state index contributed by atoms with van der Waals surface area (Å²) in [6, 6.07) is 2.39. The molecule has 0 spiro atoms. The van der Waals surface area contributed by atoms with Crippen LogP contribution >= 0.6 is 11.6 Å². The largest absolute Gasteiger partial charge is 0.382 e. The lowest BCUT2D eigenvalue weighted by Gasteiger charge is -2.29. The monoisotopic (exact) mass is 228 g/mol. The van der Waals surface area contributed by atoms with E-state index in [2.05, 4.69) is 35.9 Å². The van der Waals surface area contributed by atoms with Crippen LogP contribution in [0, 0.1) is 0 Å². The second kappa shape index (κ2) is 4.77. The van der Waals surface area contributed by atoms with Crippen LogP contribution in [-0.4, -0.2) is 28.2 Å². The average Bonchev–Trinajstić information content (AvgIpc) is 2.19. The second-order valence-electron chi connectivity index (χ2n) is 3.94. The molecule has 1 atom stereocenters. The zero-order chi connectivity index (χ0) is 11.6. The Balaban J connectivity index is 2.99. The van der Waals surface area contributed by atoms with E-state index in [0.717, 1.165) is 5.56 Å². The molecule has 0 aliphatic heterocycles. The van der Waals surface area contributed by atoms with Gasteiger partial charge in [-0.2, -0.15) is 0 Å². The molecule has 0 bridgehead atoms. The Morgan fingerprint density at radius 1 is 1.33 bits per heavy atom. The molecule has 0 fully saturated rings. The zero-order valence-corrected chi connectivity index (χ0v) is 10.3. The topological polar surface area (TPSA) is 55.0 Å². The SMILES string of the molecule is CC(C)N(C)C(C)c1cc(Cl)nnc1N. The fourth-order valence-electron chi connectivity index (χ4n) is 1.39. The van der Waals surface area contributed by atoms with Crippen LogP contribution in [0.3, 0.4) is 0 Å². The molecule has 1 rings (SSSR count). The van der Waals surface area contributed by atoms with Crippen LogP contribution in [0.1, 0.15) is 32.4 Å². The number of hydrogen-bond donors (Lipinski definition) is 1. The average molecular weight is 229 g/mol. The van der Waals surface area contributed by atoms with E-state index in [-0.39, 0.29) is 6.04 Å². The smallest absolute Gasteiger partial charge is 0.152 e. The van der Waals surface area contributed by atoms with E-state index < -0.39 is 0 Å². The summed E-state index contributed by atoms with van der Waals surface area (Å²) in [4.78, 5) is 2.20. The highest BCUT2D eigenvalue weighted by molar-refractivity contribution is 6.29. The maximum absolute atomic E-state index is 5.80. The number of halogens is 1. The Kier molecular flexibility index (Phi) is 3.88. The minimum Gasteiger partial charge on any atom is -0.382 e. The van der Waals surface area contributed by atoms with Crippen molar-refractivity contribution < 1.29 is 0 Å². The van der Waals surface area contributed by atoms with Gasteiger partial charge in [-0.25, -0.2) is 0 Å². The third kappa shape index (κ3) is 2.79. The fraction of sp³-hybridized carbons (Fsp3) is 0.600. The Morgan fingerprint density at radius 3 is 2.47 bits per heavy atom. The lowest BCUT2D eigenvalue weighted by Crippen LogP contribution is -2.30. The molecule has 0 saturated heterocycles. The molecule has 0 amide bonds. The lowest BCUT2D eigenvalue weighted by atomic mass is 10.1. The molecule has 15 heavy (non-hydrogen) atoms. The fourth-order valence-corrected chi connectivity index (χ4v) is 1.55. The van der Waals surface area contributed by atoms with Gasteiger partial charge in [0.25, 0.3) is 0 Å². The van der Waals surface area contributed by atoms with Crippen LogP contribution in [0.15, 0.2) is 6.07 Å². The van der Waals surface area contributed by atoms with Gasteiger partial charge < -0.3 is 5.73 Å². The number of nitrogens with two attached hydrogens (primary N) is 1. The van der Waals surface area contributed by atoms with Crippen molar-refractivity contribution in [2.75, 3.05) is 12.8 Å². The summed E-state index contributed by atoms with van der Waals surface area (Å²) in [5.41, 5.74) is 6.69. The third-order valence-corrected chi connectivity index (χ3v) is 2.88. The van der Waals surface area contributed by atoms with Crippen LogP contribution in [0.25, 0.3) is 0 Å². The van der Waals surface area contributed by atoms with Gasteiger partial charge >= 0.3 is 0 Å². The van der Waals surface area contributed by atoms with Crippen molar-refractivity contribution in [3.05, 3.63) is 16.8 Å². The van der Waals surface area contributed by atoms with E-state index >= 15 is 0 Å². The van der Waals surface area contributed by atoms with Gasteiger partial charge in [-0.05, 0) is 33.9 Å². The first-order chi connectivity index (χ1) is 6.93. The standard InChI is InChI=1S/C10H17ClN4/c1-6(2)15(4)7(3)8-5-9(11)13-14-10(8)12/h5-7H,1-4H3,(H2,12,14). The normalized spacial score (nSPS) is 13.5. The number of hydrogen-bond acceptors (Lipinski definition) is 4. The van der Waals surface area contributed by atoms with Gasteiger partial charge in [-0.15, -0.1) is 10.2 Å². The number of rotatable bonds is 3. The number of aromatic nitrogens is 2. The molecular formula is C10H17ClN4. The van der Waals surface area contributed by atoms with Gasteiger partial charge in [0.1, 0.15) is 0 Å². The maximum atomic E-state index is 5.80. The second-order valence-corrected chi connectivity index (χ2v) is 4.33. The first-order valence-corrected chi connectivity index (χ1v) is 5.31. The molecule has 5 heteroatoms. The Bertz CT molecular complexity index is 340. The quantitative estimate of drug-likeness (QED) is 0.861. The van der Waals surface area contributed by atoms with Gasteiger partial charge in [0, 0.05) is 17.6 Å². The summed E-state index contributed by atoms with van der Waals surface area (Å²) in [5.74, 6) is 0.444. The molecule has 0 aromatic carbocycles. The van der Waals surface area contributed by atoms with Crippen molar-refractivity contribution in [2.45, 2.75) is 32.9 Å². The predicted molar refractivity (Wildman–Crippen MR) is 62.8 cm³/mol. The molecule has 4 nitrogen and oxygen atoms in total. The molecule has 0 aliphatic carbocycles. The first kappa shape index (κ1) is 12.2. The highest BCUT2D eigenvalue weighted by atomic mass is 35.5. The molecule has 0 aliphatic rings. The van der Waals surface area contributed by atoms with Crippen molar-refractivity contribution in [3.8, 4) is 0 Å². The summed E-state index contributed by atoms with van der Waals surface area (Å²) >= 11 is 5.80. The molecule has 1 aromatic heterocycles. The molecule has 2 N–H and O–H groups in total. The van der Waals surface area contributed by atoms with Gasteiger partial charge in [0.05, 0.1) is 0 Å². The number of nitrogen functional groups attached to an aromatic ring is 1. The lowest BCUT2D eigenvalue weighted by molar-refractivity contribution is 0.210. The maximum Gasteiger partial charge on any atom is 0.152 e. The van der Waals surface area contributed by atoms with Gasteiger partial charge in [0.15, 0.2) is 11.0 Å². The summed E-state index contributed by atoms with van der Waals surface area (Å²) < 4.78 is 0. The molecule has 0 saturated carbocycles. The highest BCUT2D eigenvalue weighted by Crippen LogP contribution is 2.25. The molecule has 1 aromatic rings. The van der Waals surface area contributed by atoms with Gasteiger partial charge in [0.2, 0.25) is 0 Å². The van der Waals surface area contributed by atoms with Crippen LogP contribution < -0.4 is 5.73 Å². The molecule has 84 valence electrons. The molecular weight excluding hydrogens is 212 g/mol. The Hall–Kier alpha value is -0.870. The van der Waals surface area contributed by atoms with E-state index in [1.807, 2.05) is 7.05 Å². The third-order valence-electron chi connectivity index (χ3n) is 2.70. The number of anilines is 1. The van der Waals surface area contributed by atoms with E-state index in [4.69, 9.17) is 17.3 Å². The van der Waals surface area contributed by atoms with E-state index in [9.17, 15) is 0 Å². The van der Waals surface area contributed by atoms with Crippen molar-refractivity contribution in [1.82, 2.24) is 15.1 Å². The van der Waals surface area contributed by atoms with Crippen molar-refractivity contribution in [2.24, 2.45) is 0 Å². The zero-order valence-electron chi connectivity index (χ0n) is 9.53.